The first-order valence-corrected chi connectivity index (χ1v) is 10.1. The Morgan fingerprint density at radius 3 is 2.69 bits per heavy atom. The summed E-state index contributed by atoms with van der Waals surface area (Å²) in [4.78, 5) is 25.3. The number of nitrogens with one attached hydrogen (secondary N) is 1. The largest absolute Gasteiger partial charge is 0.473 e. The van der Waals surface area contributed by atoms with Crippen molar-refractivity contribution in [2.45, 2.75) is 18.9 Å². The van der Waals surface area contributed by atoms with E-state index in [0.29, 0.717) is 25.6 Å². The van der Waals surface area contributed by atoms with E-state index in [1.54, 1.807) is 18.6 Å². The Kier molecular flexibility index (Phi) is 6.53. The Hall–Kier alpha value is -2.71. The number of aromatic nitrogens is 2. The molecule has 2 saturated heterocycles. The molecule has 0 unspecified atom stereocenters. The third-order valence-corrected chi connectivity index (χ3v) is 5.26. The maximum absolute atomic E-state index is 12.6. The Labute approximate surface area is 170 Å². The molecule has 1 aromatic carbocycles. The van der Waals surface area contributed by atoms with Gasteiger partial charge in [-0.1, -0.05) is 12.1 Å². The Balaban J connectivity index is 1.27. The van der Waals surface area contributed by atoms with Crippen molar-refractivity contribution in [3.63, 3.8) is 0 Å². The first kappa shape index (κ1) is 19.6. The van der Waals surface area contributed by atoms with Crippen molar-refractivity contribution in [1.29, 1.82) is 0 Å². The molecule has 2 aliphatic heterocycles. The number of morpholine rings is 1. The number of rotatable bonds is 6. The van der Waals surface area contributed by atoms with Gasteiger partial charge in [0.05, 0.1) is 37.3 Å². The van der Waals surface area contributed by atoms with Crippen LogP contribution in [-0.2, 0) is 9.53 Å². The number of anilines is 2. The molecule has 0 bridgehead atoms. The average Bonchev–Trinajstić information content (AvgIpc) is 2.77. The number of ether oxygens (including phenoxy) is 2. The highest BCUT2D eigenvalue weighted by Gasteiger charge is 2.23. The minimum Gasteiger partial charge on any atom is -0.473 e. The van der Waals surface area contributed by atoms with Crippen LogP contribution < -0.4 is 15.0 Å². The van der Waals surface area contributed by atoms with Gasteiger partial charge < -0.3 is 19.7 Å². The highest BCUT2D eigenvalue weighted by atomic mass is 16.5. The number of piperidine rings is 1. The van der Waals surface area contributed by atoms with E-state index in [9.17, 15) is 4.79 Å². The molecule has 8 nitrogen and oxygen atoms in total. The van der Waals surface area contributed by atoms with Crippen LogP contribution in [0.3, 0.4) is 0 Å². The zero-order chi connectivity index (χ0) is 19.9. The van der Waals surface area contributed by atoms with Gasteiger partial charge in [0.15, 0.2) is 0 Å². The van der Waals surface area contributed by atoms with E-state index in [1.165, 1.54) is 0 Å². The molecule has 0 spiro atoms. The molecule has 3 heterocycles. The molecule has 29 heavy (non-hydrogen) atoms. The van der Waals surface area contributed by atoms with Crippen molar-refractivity contribution in [2.75, 3.05) is 56.2 Å². The molecular weight excluding hydrogens is 370 g/mol. The summed E-state index contributed by atoms with van der Waals surface area (Å²) in [6.07, 6.45) is 6.75. The molecule has 0 atom stereocenters. The predicted molar refractivity (Wildman–Crippen MR) is 110 cm³/mol. The van der Waals surface area contributed by atoms with Gasteiger partial charge in [-0.25, -0.2) is 4.98 Å². The van der Waals surface area contributed by atoms with Gasteiger partial charge in [-0.3, -0.25) is 14.7 Å². The van der Waals surface area contributed by atoms with Crippen LogP contribution >= 0.6 is 0 Å². The van der Waals surface area contributed by atoms with Crippen molar-refractivity contribution in [3.8, 4) is 5.88 Å². The minimum absolute atomic E-state index is 0.0130. The van der Waals surface area contributed by atoms with Gasteiger partial charge in [-0.15, -0.1) is 0 Å². The SMILES string of the molecule is O=C(CN1CCC(Oc2cnccn2)CC1)Nc1ccccc1N1CCOCC1. The summed E-state index contributed by atoms with van der Waals surface area (Å²) in [7, 11) is 0. The summed E-state index contributed by atoms with van der Waals surface area (Å²) in [6, 6.07) is 7.97. The number of benzene rings is 1. The molecule has 8 heteroatoms. The van der Waals surface area contributed by atoms with Crippen LogP contribution in [0.5, 0.6) is 5.88 Å². The van der Waals surface area contributed by atoms with Crippen LogP contribution in [0.1, 0.15) is 12.8 Å². The highest BCUT2D eigenvalue weighted by molar-refractivity contribution is 5.95. The van der Waals surface area contributed by atoms with Gasteiger partial charge in [-0.2, -0.15) is 0 Å². The number of hydrogen-bond donors (Lipinski definition) is 1. The van der Waals surface area contributed by atoms with E-state index in [1.807, 2.05) is 18.2 Å². The van der Waals surface area contributed by atoms with Crippen molar-refractivity contribution < 1.29 is 14.3 Å². The van der Waals surface area contributed by atoms with Crippen LogP contribution in [0, 0.1) is 0 Å². The molecule has 1 amide bonds. The van der Waals surface area contributed by atoms with Crippen molar-refractivity contribution in [1.82, 2.24) is 14.9 Å². The number of carbonyl (C=O) groups excluding carboxylic acids is 1. The topological polar surface area (TPSA) is 79.8 Å². The Bertz CT molecular complexity index is 790. The average molecular weight is 397 g/mol. The lowest BCUT2D eigenvalue weighted by molar-refractivity contribution is -0.117. The van der Waals surface area contributed by atoms with Crippen LogP contribution in [0.2, 0.25) is 0 Å². The van der Waals surface area contributed by atoms with Crippen LogP contribution in [0.4, 0.5) is 11.4 Å². The van der Waals surface area contributed by atoms with E-state index >= 15 is 0 Å². The van der Waals surface area contributed by atoms with Crippen molar-refractivity contribution >= 4 is 17.3 Å². The number of amides is 1. The zero-order valence-electron chi connectivity index (χ0n) is 16.5. The molecule has 2 aromatic rings. The van der Waals surface area contributed by atoms with Crippen LogP contribution in [-0.4, -0.2) is 72.8 Å². The molecule has 2 aliphatic rings. The van der Waals surface area contributed by atoms with Crippen LogP contribution in [0.25, 0.3) is 0 Å². The molecule has 0 aliphatic carbocycles. The van der Waals surface area contributed by atoms with Gasteiger partial charge in [0, 0.05) is 38.6 Å². The minimum atomic E-state index is 0.0130. The lowest BCUT2D eigenvalue weighted by atomic mass is 10.1. The third-order valence-electron chi connectivity index (χ3n) is 5.26. The Morgan fingerprint density at radius 2 is 1.93 bits per heavy atom. The van der Waals surface area contributed by atoms with E-state index in [-0.39, 0.29) is 12.0 Å². The number of para-hydroxylation sites is 2. The van der Waals surface area contributed by atoms with Crippen LogP contribution in [0.15, 0.2) is 42.9 Å². The second-order valence-electron chi connectivity index (χ2n) is 7.30. The first-order valence-electron chi connectivity index (χ1n) is 10.1. The van der Waals surface area contributed by atoms with E-state index in [0.717, 1.165) is 50.4 Å². The molecule has 4 rings (SSSR count). The quantitative estimate of drug-likeness (QED) is 0.796. The fraction of sp³-hybridized carbons (Fsp3) is 0.476. The van der Waals surface area contributed by atoms with E-state index < -0.39 is 0 Å². The fourth-order valence-corrected chi connectivity index (χ4v) is 3.75. The van der Waals surface area contributed by atoms with Gasteiger partial charge in [0.25, 0.3) is 0 Å². The van der Waals surface area contributed by atoms with E-state index in [2.05, 4.69) is 31.2 Å². The number of nitrogens with zero attached hydrogens (tertiary/aromatic N) is 4. The highest BCUT2D eigenvalue weighted by Crippen LogP contribution is 2.26. The normalized spacial score (nSPS) is 18.4. The standard InChI is InChI=1S/C21H27N5O3/c27-20(24-18-3-1-2-4-19(18)26-11-13-28-14-12-26)16-25-9-5-17(6-10-25)29-21-15-22-7-8-23-21/h1-4,7-8,15,17H,5-6,9-14,16H2,(H,24,27). The summed E-state index contributed by atoms with van der Waals surface area (Å²) in [5, 5.41) is 3.09. The molecule has 154 valence electrons. The van der Waals surface area contributed by atoms with Crippen molar-refractivity contribution in [2.24, 2.45) is 0 Å². The summed E-state index contributed by atoms with van der Waals surface area (Å²) >= 11 is 0. The molecule has 0 radical (unpaired) electrons. The zero-order valence-corrected chi connectivity index (χ0v) is 16.5. The summed E-state index contributed by atoms with van der Waals surface area (Å²) in [5.74, 6) is 0.572. The summed E-state index contributed by atoms with van der Waals surface area (Å²) < 4.78 is 11.3. The van der Waals surface area contributed by atoms with Gasteiger partial charge in [0.1, 0.15) is 6.10 Å². The third kappa shape index (κ3) is 5.42. The lowest BCUT2D eigenvalue weighted by Crippen LogP contribution is -2.42. The second kappa shape index (κ2) is 9.67. The molecule has 1 aromatic heterocycles. The summed E-state index contributed by atoms with van der Waals surface area (Å²) in [6.45, 7) is 5.14. The maximum Gasteiger partial charge on any atom is 0.238 e. The van der Waals surface area contributed by atoms with E-state index in [4.69, 9.17) is 9.47 Å². The summed E-state index contributed by atoms with van der Waals surface area (Å²) in [5.41, 5.74) is 1.92. The second-order valence-corrected chi connectivity index (χ2v) is 7.30. The maximum atomic E-state index is 12.6. The van der Waals surface area contributed by atoms with Gasteiger partial charge in [-0.05, 0) is 25.0 Å². The fourth-order valence-electron chi connectivity index (χ4n) is 3.75. The Morgan fingerprint density at radius 1 is 1.14 bits per heavy atom. The van der Waals surface area contributed by atoms with Gasteiger partial charge in [0.2, 0.25) is 11.8 Å². The molecule has 1 N–H and O–H groups in total. The molecule has 2 fully saturated rings. The predicted octanol–water partition coefficient (Wildman–Crippen LogP) is 1.80. The number of likely N-dealkylation sites (tertiary alicyclic amines) is 1. The first-order chi connectivity index (χ1) is 14.3. The number of carbonyl (C=O) groups is 1. The number of hydrogen-bond acceptors (Lipinski definition) is 7. The lowest BCUT2D eigenvalue weighted by Gasteiger charge is -2.32. The molecule has 0 saturated carbocycles. The smallest absolute Gasteiger partial charge is 0.238 e. The van der Waals surface area contributed by atoms with Gasteiger partial charge >= 0.3 is 0 Å². The van der Waals surface area contributed by atoms with Crippen molar-refractivity contribution in [3.05, 3.63) is 42.9 Å². The molecular formula is C21H27N5O3. The monoisotopic (exact) mass is 397 g/mol.